The largest absolute Gasteiger partial charge is 0.482 e. The molecular formula is C22H12BrCl6N3O3. The van der Waals surface area contributed by atoms with Gasteiger partial charge < -0.3 is 14.5 Å². The molecule has 0 saturated carbocycles. The van der Waals surface area contributed by atoms with Gasteiger partial charge in [-0.05, 0) is 45.8 Å². The predicted octanol–water partition coefficient (Wildman–Crippen LogP) is 9.04. The summed E-state index contributed by atoms with van der Waals surface area (Å²) in [6, 6.07) is 10.5. The lowest BCUT2D eigenvalue weighted by atomic mass is 10.2. The Bertz CT molecular complexity index is 1380. The number of rotatable bonds is 7. The van der Waals surface area contributed by atoms with Gasteiger partial charge in [0.2, 0.25) is 0 Å². The summed E-state index contributed by atoms with van der Waals surface area (Å²) in [6.45, 7) is 0.401. The average Bonchev–Trinajstić information content (AvgIpc) is 3.44. The summed E-state index contributed by atoms with van der Waals surface area (Å²) in [5.74, 6) is 0.263. The fourth-order valence-corrected chi connectivity index (χ4v) is 4.71. The summed E-state index contributed by atoms with van der Waals surface area (Å²) in [6.07, 6.45) is 1.75. The third-order valence-electron chi connectivity index (χ3n) is 4.62. The first-order valence-corrected chi connectivity index (χ1v) is 12.7. The van der Waals surface area contributed by atoms with Crippen LogP contribution in [0.1, 0.15) is 21.9 Å². The molecule has 0 atom stereocenters. The average molecular weight is 659 g/mol. The highest BCUT2D eigenvalue weighted by atomic mass is 79.9. The van der Waals surface area contributed by atoms with Crippen LogP contribution in [0.15, 0.2) is 51.5 Å². The number of carbonyl (C=O) groups excluding carboxylic acids is 1. The number of carbonyl (C=O) groups is 1. The molecule has 182 valence electrons. The number of benzene rings is 2. The molecule has 0 aliphatic carbocycles. The Kier molecular flexibility index (Phi) is 8.49. The zero-order valence-electron chi connectivity index (χ0n) is 17.2. The maximum Gasteiger partial charge on any atom is 0.292 e. The van der Waals surface area contributed by atoms with Gasteiger partial charge in [-0.2, -0.15) is 5.10 Å². The summed E-state index contributed by atoms with van der Waals surface area (Å²) in [5.41, 5.74) is 1.00. The Morgan fingerprint density at radius 3 is 2.23 bits per heavy atom. The summed E-state index contributed by atoms with van der Waals surface area (Å²) in [7, 11) is 0. The van der Waals surface area contributed by atoms with Crippen molar-refractivity contribution in [1.82, 2.24) is 9.78 Å². The first-order valence-electron chi connectivity index (χ1n) is 9.65. The molecule has 13 heteroatoms. The number of amides is 1. The van der Waals surface area contributed by atoms with E-state index in [0.717, 1.165) is 5.56 Å². The molecule has 0 bridgehead atoms. The van der Waals surface area contributed by atoms with Crippen LogP contribution in [0.2, 0.25) is 30.1 Å². The van der Waals surface area contributed by atoms with E-state index >= 15 is 0 Å². The molecule has 6 nitrogen and oxygen atoms in total. The molecule has 2 aromatic carbocycles. The van der Waals surface area contributed by atoms with Crippen LogP contribution in [0.4, 0.5) is 5.82 Å². The van der Waals surface area contributed by atoms with E-state index in [0.29, 0.717) is 27.6 Å². The number of nitrogens with zero attached hydrogens (tertiary/aromatic N) is 2. The lowest BCUT2D eigenvalue weighted by Gasteiger charge is -2.12. The summed E-state index contributed by atoms with van der Waals surface area (Å²) in [5, 5.41) is 7.81. The van der Waals surface area contributed by atoms with Crippen molar-refractivity contribution in [3.8, 4) is 5.75 Å². The molecular weight excluding hydrogens is 647 g/mol. The Morgan fingerprint density at radius 2 is 1.57 bits per heavy atom. The molecule has 4 rings (SSSR count). The fraction of sp³-hybridized carbons (Fsp3) is 0.0909. The lowest BCUT2D eigenvalue weighted by Crippen LogP contribution is -2.12. The summed E-state index contributed by atoms with van der Waals surface area (Å²) < 4.78 is 13.5. The van der Waals surface area contributed by atoms with E-state index in [1.807, 2.05) is 12.1 Å². The number of anilines is 1. The molecule has 2 heterocycles. The Morgan fingerprint density at radius 1 is 0.943 bits per heavy atom. The maximum absolute atomic E-state index is 12.7. The van der Waals surface area contributed by atoms with Gasteiger partial charge in [0.15, 0.2) is 17.3 Å². The highest BCUT2D eigenvalue weighted by Crippen LogP contribution is 2.48. The Labute approximate surface area is 238 Å². The second-order valence-electron chi connectivity index (χ2n) is 7.06. The van der Waals surface area contributed by atoms with Crippen molar-refractivity contribution >= 4 is 97.3 Å². The third kappa shape index (κ3) is 6.05. The van der Waals surface area contributed by atoms with Gasteiger partial charge in [0.05, 0.1) is 26.1 Å². The van der Waals surface area contributed by atoms with E-state index in [9.17, 15) is 4.79 Å². The summed E-state index contributed by atoms with van der Waals surface area (Å²) in [4.78, 5) is 12.7. The molecule has 0 aliphatic heterocycles. The monoisotopic (exact) mass is 655 g/mol. The minimum Gasteiger partial charge on any atom is -0.482 e. The molecule has 0 saturated heterocycles. The van der Waals surface area contributed by atoms with Gasteiger partial charge in [-0.25, -0.2) is 0 Å². The van der Waals surface area contributed by atoms with Gasteiger partial charge >= 0.3 is 0 Å². The van der Waals surface area contributed by atoms with E-state index < -0.39 is 5.91 Å². The highest BCUT2D eigenvalue weighted by Gasteiger charge is 2.21. The second-order valence-corrected chi connectivity index (χ2v) is 10.2. The van der Waals surface area contributed by atoms with Gasteiger partial charge in [0, 0.05) is 11.2 Å². The van der Waals surface area contributed by atoms with Gasteiger partial charge in [-0.1, -0.05) is 81.7 Å². The molecule has 0 aliphatic rings. The van der Waals surface area contributed by atoms with Gasteiger partial charge in [0.25, 0.3) is 5.91 Å². The van der Waals surface area contributed by atoms with Crippen molar-refractivity contribution in [2.24, 2.45) is 0 Å². The first-order chi connectivity index (χ1) is 16.6. The molecule has 0 unspecified atom stereocenters. The van der Waals surface area contributed by atoms with E-state index in [1.165, 1.54) is 6.07 Å². The molecule has 1 amide bonds. The first kappa shape index (κ1) is 26.5. The second kappa shape index (κ2) is 11.2. The van der Waals surface area contributed by atoms with E-state index in [1.54, 1.807) is 29.1 Å². The number of aromatic nitrogens is 2. The number of nitrogens with one attached hydrogen (secondary N) is 1. The third-order valence-corrected chi connectivity index (χ3v) is 7.69. The summed E-state index contributed by atoms with van der Waals surface area (Å²) >= 11 is 39.7. The van der Waals surface area contributed by atoms with Crippen LogP contribution in [0.25, 0.3) is 0 Å². The molecule has 2 aromatic heterocycles. The maximum atomic E-state index is 12.7. The van der Waals surface area contributed by atoms with Crippen molar-refractivity contribution < 1.29 is 13.9 Å². The van der Waals surface area contributed by atoms with Crippen molar-refractivity contribution in [3.05, 3.63) is 94.3 Å². The lowest BCUT2D eigenvalue weighted by molar-refractivity contribution is 0.0992. The topological polar surface area (TPSA) is 69.3 Å². The standard InChI is InChI=1S/C22H12BrCl6N3O3/c23-13-8-32(7-10-1-3-11(24)4-2-10)31-21(13)30-22(33)14-6-5-12(35-14)9-34-20-18(28)16(26)15(25)17(27)19(20)29/h1-6,8H,7,9H2,(H,30,31,33). The SMILES string of the molecule is O=C(Nc1nn(Cc2ccc(Cl)cc2)cc1Br)c1ccc(COc2c(Cl)c(Cl)c(Cl)c(Cl)c2Cl)o1. The van der Waals surface area contributed by atoms with Crippen molar-refractivity contribution in [3.63, 3.8) is 0 Å². The fourth-order valence-electron chi connectivity index (χ4n) is 2.94. The van der Waals surface area contributed by atoms with Gasteiger partial charge in [-0.3, -0.25) is 9.48 Å². The number of hydrogen-bond donors (Lipinski definition) is 1. The van der Waals surface area contributed by atoms with Gasteiger partial charge in [-0.15, -0.1) is 0 Å². The predicted molar refractivity (Wildman–Crippen MR) is 143 cm³/mol. The number of hydrogen-bond acceptors (Lipinski definition) is 4. The van der Waals surface area contributed by atoms with Crippen LogP contribution in [-0.4, -0.2) is 15.7 Å². The van der Waals surface area contributed by atoms with E-state index in [-0.39, 0.29) is 43.2 Å². The van der Waals surface area contributed by atoms with Crippen molar-refractivity contribution in [1.29, 1.82) is 0 Å². The Hall–Kier alpha value is -1.58. The van der Waals surface area contributed by atoms with Crippen LogP contribution in [-0.2, 0) is 13.2 Å². The molecule has 0 fully saturated rings. The van der Waals surface area contributed by atoms with Crippen molar-refractivity contribution in [2.45, 2.75) is 13.2 Å². The van der Waals surface area contributed by atoms with Gasteiger partial charge in [0.1, 0.15) is 22.4 Å². The van der Waals surface area contributed by atoms with Crippen molar-refractivity contribution in [2.75, 3.05) is 5.32 Å². The van der Waals surface area contributed by atoms with Crippen LogP contribution in [0.3, 0.4) is 0 Å². The van der Waals surface area contributed by atoms with Crippen LogP contribution < -0.4 is 10.1 Å². The number of ether oxygens (including phenoxy) is 1. The van der Waals surface area contributed by atoms with Crippen LogP contribution >= 0.6 is 85.5 Å². The highest BCUT2D eigenvalue weighted by molar-refractivity contribution is 9.10. The molecule has 1 N–H and O–H groups in total. The molecule has 0 spiro atoms. The number of halogens is 7. The molecule has 4 aromatic rings. The normalized spacial score (nSPS) is 11.1. The molecule has 35 heavy (non-hydrogen) atoms. The zero-order chi connectivity index (χ0) is 25.3. The number of furan rings is 1. The van der Waals surface area contributed by atoms with Crippen LogP contribution in [0.5, 0.6) is 5.75 Å². The minimum atomic E-state index is -0.498. The zero-order valence-corrected chi connectivity index (χ0v) is 23.3. The quantitative estimate of drug-likeness (QED) is 0.159. The van der Waals surface area contributed by atoms with E-state index in [4.69, 9.17) is 78.8 Å². The smallest absolute Gasteiger partial charge is 0.292 e. The van der Waals surface area contributed by atoms with Crippen LogP contribution in [0, 0.1) is 0 Å². The molecule has 0 radical (unpaired) electrons. The Balaban J connectivity index is 1.41. The minimum absolute atomic E-state index is 0.00891. The van der Waals surface area contributed by atoms with E-state index in [2.05, 4.69) is 26.3 Å².